The van der Waals surface area contributed by atoms with Gasteiger partial charge < -0.3 is 11.1 Å². The van der Waals surface area contributed by atoms with Gasteiger partial charge in [-0.05, 0) is 31.6 Å². The molecular formula is C12H22N2OS. The second-order valence-corrected chi connectivity index (χ2v) is 5.14. The van der Waals surface area contributed by atoms with Crippen LogP contribution in [0.5, 0.6) is 0 Å². The van der Waals surface area contributed by atoms with Gasteiger partial charge in [-0.3, -0.25) is 4.79 Å². The SMILES string of the molecule is CCC(=O)NC1(C(N)=S)CCC(CC)CC1. The van der Waals surface area contributed by atoms with Crippen molar-refractivity contribution in [3.8, 4) is 0 Å². The van der Waals surface area contributed by atoms with Gasteiger partial charge in [0.05, 0.1) is 10.5 Å². The Balaban J connectivity index is 2.68. The van der Waals surface area contributed by atoms with Crippen molar-refractivity contribution in [2.45, 2.75) is 57.9 Å². The van der Waals surface area contributed by atoms with Crippen LogP contribution in [0, 0.1) is 5.92 Å². The van der Waals surface area contributed by atoms with E-state index in [1.165, 1.54) is 6.42 Å². The summed E-state index contributed by atoms with van der Waals surface area (Å²) < 4.78 is 0. The number of nitrogens with two attached hydrogens (primary N) is 1. The molecule has 4 heteroatoms. The average molecular weight is 242 g/mol. The third-order valence-corrected chi connectivity index (χ3v) is 4.10. The smallest absolute Gasteiger partial charge is 0.220 e. The van der Waals surface area contributed by atoms with Gasteiger partial charge in [-0.15, -0.1) is 0 Å². The van der Waals surface area contributed by atoms with Crippen LogP contribution < -0.4 is 11.1 Å². The van der Waals surface area contributed by atoms with E-state index >= 15 is 0 Å². The van der Waals surface area contributed by atoms with E-state index < -0.39 is 5.54 Å². The second kappa shape index (κ2) is 5.62. The molecule has 3 N–H and O–H groups in total. The number of carbonyl (C=O) groups is 1. The maximum Gasteiger partial charge on any atom is 0.220 e. The number of thiocarbonyl (C=S) groups is 1. The first-order valence-electron chi connectivity index (χ1n) is 6.15. The number of amides is 1. The lowest BCUT2D eigenvalue weighted by Crippen LogP contribution is -2.58. The first-order valence-corrected chi connectivity index (χ1v) is 6.55. The van der Waals surface area contributed by atoms with Gasteiger partial charge in [0.1, 0.15) is 0 Å². The van der Waals surface area contributed by atoms with Crippen LogP contribution in [0.2, 0.25) is 0 Å². The second-order valence-electron chi connectivity index (χ2n) is 4.70. The maximum atomic E-state index is 11.5. The summed E-state index contributed by atoms with van der Waals surface area (Å²) in [6.45, 7) is 4.06. The van der Waals surface area contributed by atoms with Crippen LogP contribution in [0.25, 0.3) is 0 Å². The van der Waals surface area contributed by atoms with E-state index in [-0.39, 0.29) is 5.91 Å². The fourth-order valence-electron chi connectivity index (χ4n) is 2.37. The van der Waals surface area contributed by atoms with E-state index in [0.717, 1.165) is 31.6 Å². The molecule has 1 fully saturated rings. The lowest BCUT2D eigenvalue weighted by molar-refractivity contribution is -0.122. The Bertz CT molecular complexity index is 270. The largest absolute Gasteiger partial charge is 0.391 e. The zero-order valence-electron chi connectivity index (χ0n) is 10.2. The Hall–Kier alpha value is -0.640. The van der Waals surface area contributed by atoms with E-state index in [1.54, 1.807) is 0 Å². The highest BCUT2D eigenvalue weighted by atomic mass is 32.1. The monoisotopic (exact) mass is 242 g/mol. The minimum Gasteiger partial charge on any atom is -0.391 e. The summed E-state index contributed by atoms with van der Waals surface area (Å²) in [6.07, 6.45) is 5.70. The van der Waals surface area contributed by atoms with E-state index in [9.17, 15) is 4.79 Å². The molecule has 0 bridgehead atoms. The number of carbonyl (C=O) groups excluding carboxylic acids is 1. The highest BCUT2D eigenvalue weighted by molar-refractivity contribution is 7.80. The molecule has 16 heavy (non-hydrogen) atoms. The first kappa shape index (κ1) is 13.4. The van der Waals surface area contributed by atoms with Gasteiger partial charge in [-0.1, -0.05) is 32.5 Å². The molecule has 0 aromatic rings. The quantitative estimate of drug-likeness (QED) is 0.743. The van der Waals surface area contributed by atoms with Crippen molar-refractivity contribution in [3.63, 3.8) is 0 Å². The fraction of sp³-hybridized carbons (Fsp3) is 0.833. The minimum absolute atomic E-state index is 0.0442. The summed E-state index contributed by atoms with van der Waals surface area (Å²) in [7, 11) is 0. The molecule has 0 radical (unpaired) electrons. The molecule has 0 aromatic heterocycles. The van der Waals surface area contributed by atoms with Gasteiger partial charge in [0.2, 0.25) is 5.91 Å². The van der Waals surface area contributed by atoms with Crippen molar-refractivity contribution < 1.29 is 4.79 Å². The summed E-state index contributed by atoms with van der Waals surface area (Å²) in [5.74, 6) is 0.809. The summed E-state index contributed by atoms with van der Waals surface area (Å²) in [5, 5.41) is 3.02. The van der Waals surface area contributed by atoms with Gasteiger partial charge in [0.15, 0.2) is 0 Å². The Morgan fingerprint density at radius 3 is 2.38 bits per heavy atom. The van der Waals surface area contributed by atoms with Gasteiger partial charge in [-0.25, -0.2) is 0 Å². The Labute approximate surface area is 103 Å². The molecule has 0 spiro atoms. The molecule has 3 nitrogen and oxygen atoms in total. The zero-order valence-corrected chi connectivity index (χ0v) is 11.0. The minimum atomic E-state index is -0.409. The molecule has 1 aliphatic carbocycles. The van der Waals surface area contributed by atoms with Crippen LogP contribution in [-0.4, -0.2) is 16.4 Å². The predicted octanol–water partition coefficient (Wildman–Crippen LogP) is 2.14. The average Bonchev–Trinajstić information content (AvgIpc) is 2.29. The molecule has 1 saturated carbocycles. The summed E-state index contributed by atoms with van der Waals surface area (Å²) >= 11 is 5.13. The van der Waals surface area contributed by atoms with Crippen LogP contribution in [0.15, 0.2) is 0 Å². The fourth-order valence-corrected chi connectivity index (χ4v) is 2.62. The van der Waals surface area contributed by atoms with E-state index in [0.29, 0.717) is 11.4 Å². The Kier molecular flexibility index (Phi) is 4.71. The van der Waals surface area contributed by atoms with Gasteiger partial charge in [0, 0.05) is 6.42 Å². The van der Waals surface area contributed by atoms with E-state index in [1.807, 2.05) is 6.92 Å². The molecule has 1 rings (SSSR count). The topological polar surface area (TPSA) is 55.1 Å². The first-order chi connectivity index (χ1) is 7.54. The number of hydrogen-bond acceptors (Lipinski definition) is 2. The normalized spacial score (nSPS) is 29.8. The zero-order chi connectivity index (χ0) is 12.2. The van der Waals surface area contributed by atoms with Crippen molar-refractivity contribution >= 4 is 23.1 Å². The summed E-state index contributed by atoms with van der Waals surface area (Å²) in [6, 6.07) is 0. The molecule has 1 aliphatic rings. The van der Waals surface area contributed by atoms with Crippen LogP contribution in [0.4, 0.5) is 0 Å². The van der Waals surface area contributed by atoms with Gasteiger partial charge in [-0.2, -0.15) is 0 Å². The molecule has 0 atom stereocenters. The maximum absolute atomic E-state index is 11.5. The summed E-state index contributed by atoms with van der Waals surface area (Å²) in [5.41, 5.74) is 5.40. The predicted molar refractivity (Wildman–Crippen MR) is 70.2 cm³/mol. The third-order valence-electron chi connectivity index (χ3n) is 3.71. The van der Waals surface area contributed by atoms with E-state index in [4.69, 9.17) is 18.0 Å². The number of rotatable bonds is 4. The van der Waals surface area contributed by atoms with Gasteiger partial charge in [0.25, 0.3) is 0 Å². The Morgan fingerprint density at radius 1 is 1.44 bits per heavy atom. The van der Waals surface area contributed by atoms with Crippen molar-refractivity contribution in [1.29, 1.82) is 0 Å². The van der Waals surface area contributed by atoms with Crippen molar-refractivity contribution in [1.82, 2.24) is 5.32 Å². The van der Waals surface area contributed by atoms with Crippen molar-refractivity contribution in [2.24, 2.45) is 11.7 Å². The molecule has 0 aromatic carbocycles. The molecule has 0 saturated heterocycles. The molecule has 1 amide bonds. The number of nitrogens with one attached hydrogen (secondary N) is 1. The van der Waals surface area contributed by atoms with Crippen LogP contribution in [0.1, 0.15) is 52.4 Å². The standard InChI is InChI=1S/C12H22N2OS/c1-3-9-5-7-12(8-6-9,11(13)16)14-10(15)4-2/h9H,3-8H2,1-2H3,(H2,13,16)(H,14,15). The van der Waals surface area contributed by atoms with Crippen LogP contribution in [0.3, 0.4) is 0 Å². The molecule has 0 aliphatic heterocycles. The van der Waals surface area contributed by atoms with Crippen molar-refractivity contribution in [2.75, 3.05) is 0 Å². The highest BCUT2D eigenvalue weighted by Crippen LogP contribution is 2.34. The molecule has 0 unspecified atom stereocenters. The van der Waals surface area contributed by atoms with Crippen LogP contribution in [-0.2, 0) is 4.79 Å². The van der Waals surface area contributed by atoms with Gasteiger partial charge >= 0.3 is 0 Å². The third kappa shape index (κ3) is 2.94. The highest BCUT2D eigenvalue weighted by Gasteiger charge is 2.38. The van der Waals surface area contributed by atoms with Crippen LogP contribution >= 0.6 is 12.2 Å². The molecular weight excluding hydrogens is 220 g/mol. The van der Waals surface area contributed by atoms with Crippen molar-refractivity contribution in [3.05, 3.63) is 0 Å². The lowest BCUT2D eigenvalue weighted by Gasteiger charge is -2.40. The number of hydrogen-bond donors (Lipinski definition) is 2. The van der Waals surface area contributed by atoms with E-state index in [2.05, 4.69) is 12.2 Å². The Morgan fingerprint density at radius 2 is 2.00 bits per heavy atom. The molecule has 0 heterocycles. The summed E-state index contributed by atoms with van der Waals surface area (Å²) in [4.78, 5) is 12.0. The lowest BCUT2D eigenvalue weighted by atomic mass is 9.75. The molecule has 92 valence electrons.